The van der Waals surface area contributed by atoms with E-state index in [0.717, 1.165) is 33.4 Å². The molecule has 2 amide bonds. The first-order valence-electron chi connectivity index (χ1n) is 25.2. The zero-order valence-corrected chi connectivity index (χ0v) is 43.2. The monoisotopic (exact) mass is 997 g/mol. The maximum absolute atomic E-state index is 13.3. The zero-order chi connectivity index (χ0) is 52.7. The average Bonchev–Trinajstić information content (AvgIpc) is 3.42. The lowest BCUT2D eigenvalue weighted by Gasteiger charge is -2.27. The van der Waals surface area contributed by atoms with E-state index in [4.69, 9.17) is 20.9 Å². The molecule has 0 radical (unpaired) electrons. The number of nitrogens with zero attached hydrogens (tertiary/aromatic N) is 6. The summed E-state index contributed by atoms with van der Waals surface area (Å²) in [6, 6.07) is 39.3. The lowest BCUT2D eigenvalue weighted by Crippen LogP contribution is -2.44. The van der Waals surface area contributed by atoms with Crippen molar-refractivity contribution in [3.63, 3.8) is 0 Å². The van der Waals surface area contributed by atoms with Crippen molar-refractivity contribution in [2.75, 3.05) is 52.5 Å². The summed E-state index contributed by atoms with van der Waals surface area (Å²) in [5, 5.41) is 18.8. The molecule has 2 aliphatic rings. The summed E-state index contributed by atoms with van der Waals surface area (Å²) < 4.78 is 12.4. The Balaban J connectivity index is 0.000000216. The highest BCUT2D eigenvalue weighted by Gasteiger charge is 2.30. The number of pyridine rings is 2. The van der Waals surface area contributed by atoms with Crippen molar-refractivity contribution in [1.82, 2.24) is 19.8 Å². The largest absolute Gasteiger partial charge is 0.486 e. The number of nitrogens with two attached hydrogens (primary N) is 2. The summed E-state index contributed by atoms with van der Waals surface area (Å²) in [5.41, 5.74) is 23.6. The number of amides is 2. The van der Waals surface area contributed by atoms with Gasteiger partial charge in [0.05, 0.1) is 26.3 Å². The minimum absolute atomic E-state index is 0.109. The van der Waals surface area contributed by atoms with Crippen molar-refractivity contribution in [1.29, 1.82) is 0 Å². The fourth-order valence-corrected chi connectivity index (χ4v) is 8.68. The molecule has 2 aromatic heterocycles. The Morgan fingerprint density at radius 3 is 1.12 bits per heavy atom. The van der Waals surface area contributed by atoms with Crippen molar-refractivity contribution in [2.45, 2.75) is 65.6 Å². The van der Waals surface area contributed by atoms with E-state index in [2.05, 4.69) is 96.2 Å². The van der Waals surface area contributed by atoms with Gasteiger partial charge in [0.1, 0.15) is 35.1 Å². The molecule has 384 valence electrons. The number of aliphatic imine (C=N–C) groups is 2. The third-order valence-corrected chi connectivity index (χ3v) is 13.1. The van der Waals surface area contributed by atoms with Crippen LogP contribution in [0.2, 0.25) is 0 Å². The van der Waals surface area contributed by atoms with Crippen molar-refractivity contribution in [3.8, 4) is 11.5 Å². The quantitative estimate of drug-likeness (QED) is 0.0644. The molecule has 0 saturated heterocycles. The predicted octanol–water partition coefficient (Wildman–Crippen LogP) is 8.90. The summed E-state index contributed by atoms with van der Waals surface area (Å²) in [6.45, 7) is 14.9. The number of aromatic nitrogens is 2. The van der Waals surface area contributed by atoms with Gasteiger partial charge in [0.2, 0.25) is 0 Å². The standard InChI is InChI=1S/2C30H34N4O3/c2*1-20(2)22-4-6-23(7-5-22)21(3)37-26-10-8-24(9-11-26)27(28(31)25-12-14-32-15-13-25)29-30(36)34(18-19-35)17-16-33-29/h2*4-15,20-21,35H,16-19,31H2,1-3H3. The molecule has 14 nitrogen and oxygen atoms in total. The van der Waals surface area contributed by atoms with Gasteiger partial charge in [-0.15, -0.1) is 0 Å². The summed E-state index contributed by atoms with van der Waals surface area (Å²) in [6.07, 6.45) is 6.40. The van der Waals surface area contributed by atoms with Crippen LogP contribution in [0.3, 0.4) is 0 Å². The van der Waals surface area contributed by atoms with Crippen LogP contribution in [0.25, 0.3) is 22.5 Å². The number of hydrogen-bond donors (Lipinski definition) is 4. The van der Waals surface area contributed by atoms with Gasteiger partial charge >= 0.3 is 0 Å². The molecule has 2 atom stereocenters. The molecule has 2 aliphatic heterocycles. The average molecular weight is 997 g/mol. The fraction of sp³-hybridized carbons (Fsp3) is 0.300. The van der Waals surface area contributed by atoms with Crippen molar-refractivity contribution < 1.29 is 29.3 Å². The third-order valence-electron chi connectivity index (χ3n) is 13.1. The maximum atomic E-state index is 13.3. The second-order valence-electron chi connectivity index (χ2n) is 18.8. The number of rotatable bonds is 18. The van der Waals surface area contributed by atoms with Crippen molar-refractivity contribution in [3.05, 3.63) is 191 Å². The van der Waals surface area contributed by atoms with E-state index < -0.39 is 0 Å². The molecule has 0 saturated carbocycles. The highest BCUT2D eigenvalue weighted by atomic mass is 16.5. The van der Waals surface area contributed by atoms with Crippen LogP contribution in [0.1, 0.15) is 110 Å². The zero-order valence-electron chi connectivity index (χ0n) is 43.2. The van der Waals surface area contributed by atoms with Gasteiger partial charge in [-0.2, -0.15) is 0 Å². The van der Waals surface area contributed by atoms with Crippen LogP contribution in [-0.4, -0.2) is 106 Å². The van der Waals surface area contributed by atoms with Gasteiger partial charge in [-0.25, -0.2) is 0 Å². The van der Waals surface area contributed by atoms with Crippen LogP contribution in [0, 0.1) is 0 Å². The fourth-order valence-electron chi connectivity index (χ4n) is 8.68. The van der Waals surface area contributed by atoms with E-state index in [0.29, 0.717) is 83.5 Å². The minimum Gasteiger partial charge on any atom is -0.486 e. The predicted molar refractivity (Wildman–Crippen MR) is 294 cm³/mol. The SMILES string of the molecule is CC(C)c1ccc(C(C)Oc2ccc(C(C3=NCCN(CCO)C3=O)=C(N)c3ccncc3)cc2)cc1.CC(C)c1ccc(C(C)Oc2ccc(C(C3=NCCN(CCO)C3=O)=C(N)c3ccncc3)cc2)cc1. The molecule has 0 spiro atoms. The Kier molecular flexibility index (Phi) is 18.7. The van der Waals surface area contributed by atoms with Crippen LogP contribution >= 0.6 is 0 Å². The first-order valence-corrected chi connectivity index (χ1v) is 25.2. The molecule has 8 rings (SSSR count). The van der Waals surface area contributed by atoms with Gasteiger partial charge in [0, 0.05) is 84.6 Å². The Morgan fingerprint density at radius 1 is 0.486 bits per heavy atom. The van der Waals surface area contributed by atoms with E-state index >= 15 is 0 Å². The number of carbonyl (C=O) groups is 2. The molecule has 4 aromatic carbocycles. The number of β-amino-alcohol motifs (C(OH)–C–C–N with tert-alkyl or cyclic N) is 2. The molecule has 2 unspecified atom stereocenters. The van der Waals surface area contributed by atoms with E-state index in [9.17, 15) is 19.8 Å². The van der Waals surface area contributed by atoms with E-state index in [-0.39, 0.29) is 50.3 Å². The molecule has 14 heteroatoms. The van der Waals surface area contributed by atoms with E-state index in [1.807, 2.05) is 62.4 Å². The summed E-state index contributed by atoms with van der Waals surface area (Å²) in [7, 11) is 0. The lowest BCUT2D eigenvalue weighted by molar-refractivity contribution is -0.125. The molecule has 74 heavy (non-hydrogen) atoms. The minimum atomic E-state index is -0.244. The second-order valence-corrected chi connectivity index (χ2v) is 18.8. The molecule has 0 bridgehead atoms. The molecule has 6 aromatic rings. The van der Waals surface area contributed by atoms with Crippen LogP contribution in [-0.2, 0) is 9.59 Å². The first kappa shape index (κ1) is 53.8. The third kappa shape index (κ3) is 13.4. The second kappa shape index (κ2) is 25.6. The van der Waals surface area contributed by atoms with Gasteiger partial charge < -0.3 is 41.0 Å². The Hall–Kier alpha value is -7.94. The summed E-state index contributed by atoms with van der Waals surface area (Å²) in [5.74, 6) is 1.90. The molecule has 6 N–H and O–H groups in total. The topological polar surface area (TPSA) is 202 Å². The van der Waals surface area contributed by atoms with Crippen LogP contribution < -0.4 is 20.9 Å². The summed E-state index contributed by atoms with van der Waals surface area (Å²) in [4.78, 5) is 47.0. The van der Waals surface area contributed by atoms with E-state index in [1.165, 1.54) is 11.1 Å². The van der Waals surface area contributed by atoms with Gasteiger partial charge in [-0.3, -0.25) is 29.5 Å². The number of aliphatic hydroxyl groups excluding tert-OH is 2. The van der Waals surface area contributed by atoms with Crippen LogP contribution in [0.5, 0.6) is 11.5 Å². The first-order chi connectivity index (χ1) is 35.8. The summed E-state index contributed by atoms with van der Waals surface area (Å²) >= 11 is 0. The molecule has 0 aliphatic carbocycles. The van der Waals surface area contributed by atoms with Gasteiger partial charge in [0.15, 0.2) is 0 Å². The lowest BCUT2D eigenvalue weighted by atomic mass is 9.94. The Morgan fingerprint density at radius 2 is 0.811 bits per heavy atom. The smallest absolute Gasteiger partial charge is 0.272 e. The van der Waals surface area contributed by atoms with E-state index in [1.54, 1.807) is 58.9 Å². The van der Waals surface area contributed by atoms with Gasteiger partial charge in [-0.1, -0.05) is 100 Å². The highest BCUT2D eigenvalue weighted by Crippen LogP contribution is 2.32. The molecular formula is C60H68N8O6. The Labute approximate surface area is 434 Å². The molecule has 4 heterocycles. The number of carbonyl (C=O) groups excluding carboxylic acids is 2. The van der Waals surface area contributed by atoms with Crippen molar-refractivity contribution in [2.24, 2.45) is 21.5 Å². The number of ether oxygens (including phenoxy) is 2. The number of benzene rings is 4. The number of hydrogen-bond acceptors (Lipinski definition) is 12. The van der Waals surface area contributed by atoms with Crippen LogP contribution in [0.4, 0.5) is 0 Å². The number of aliphatic hydroxyl groups is 2. The van der Waals surface area contributed by atoms with Gasteiger partial charge in [0.25, 0.3) is 11.8 Å². The molecule has 0 fully saturated rings. The van der Waals surface area contributed by atoms with Crippen LogP contribution in [0.15, 0.2) is 156 Å². The maximum Gasteiger partial charge on any atom is 0.272 e. The normalized spacial score (nSPS) is 15.3. The Bertz CT molecular complexity index is 2740. The highest BCUT2D eigenvalue weighted by molar-refractivity contribution is 6.58. The van der Waals surface area contributed by atoms with Gasteiger partial charge in [-0.05, 0) is 108 Å². The molecular weight excluding hydrogens is 929 g/mol. The van der Waals surface area contributed by atoms with Crippen molar-refractivity contribution >= 4 is 45.8 Å².